The van der Waals surface area contributed by atoms with Crippen LogP contribution in [0, 0.1) is 0 Å². The van der Waals surface area contributed by atoms with E-state index in [1.54, 1.807) is 38.4 Å². The van der Waals surface area contributed by atoms with Gasteiger partial charge in [0.15, 0.2) is 0 Å². The van der Waals surface area contributed by atoms with Crippen LogP contribution in [0.3, 0.4) is 0 Å². The number of fused-ring (bicyclic) bond motifs is 1. The molecule has 0 saturated heterocycles. The van der Waals surface area contributed by atoms with Crippen LogP contribution < -0.4 is 10.4 Å². The molecule has 1 aromatic heterocycles. The van der Waals surface area contributed by atoms with Crippen LogP contribution >= 0.6 is 15.9 Å². The molecule has 2 aromatic carbocycles. The van der Waals surface area contributed by atoms with Gasteiger partial charge in [0.1, 0.15) is 0 Å². The van der Waals surface area contributed by atoms with E-state index in [9.17, 15) is 13.2 Å². The lowest BCUT2D eigenvalue weighted by Gasteiger charge is -2.19. The van der Waals surface area contributed by atoms with E-state index in [1.165, 1.54) is 9.13 Å². The lowest BCUT2D eigenvalue weighted by Crippen LogP contribution is -2.19. The first-order valence-electron chi connectivity index (χ1n) is 8.40. The first-order valence-corrected chi connectivity index (χ1v) is 10.7. The molecule has 0 fully saturated rings. The van der Waals surface area contributed by atoms with Gasteiger partial charge in [-0.15, -0.1) is 0 Å². The van der Waals surface area contributed by atoms with E-state index < -0.39 is 10.0 Å². The molecular weight excluding hydrogens is 430 g/mol. The van der Waals surface area contributed by atoms with Gasteiger partial charge in [-0.2, -0.15) is 0 Å². The van der Waals surface area contributed by atoms with E-state index in [4.69, 9.17) is 0 Å². The highest BCUT2D eigenvalue weighted by atomic mass is 79.9. The maximum absolute atomic E-state index is 12.8. The first kappa shape index (κ1) is 19.7. The highest BCUT2D eigenvalue weighted by molar-refractivity contribution is 9.10. The lowest BCUT2D eigenvalue weighted by molar-refractivity contribution is 0.587. The van der Waals surface area contributed by atoms with Crippen molar-refractivity contribution in [3.05, 3.63) is 56.9 Å². The van der Waals surface area contributed by atoms with Gasteiger partial charge >= 0.3 is 5.69 Å². The average molecular weight is 452 g/mol. The smallest absolute Gasteiger partial charge is 0.295 e. The molecule has 0 spiro atoms. The number of aromatic nitrogens is 2. The number of halogens is 1. The summed E-state index contributed by atoms with van der Waals surface area (Å²) in [7, 11) is -0.424. The summed E-state index contributed by atoms with van der Waals surface area (Å²) in [6, 6.07) is 10.3. The molecule has 3 aromatic rings. The number of sulfonamides is 1. The van der Waals surface area contributed by atoms with Gasteiger partial charge < -0.3 is 0 Å². The molecular formula is C19H22BrN3O3S. The molecule has 1 heterocycles. The molecule has 144 valence electrons. The Hall–Kier alpha value is -2.06. The second kappa shape index (κ2) is 6.53. The zero-order chi connectivity index (χ0) is 20.1. The van der Waals surface area contributed by atoms with E-state index in [1.807, 2.05) is 12.1 Å². The molecule has 8 heteroatoms. The van der Waals surface area contributed by atoms with E-state index in [-0.39, 0.29) is 16.0 Å². The van der Waals surface area contributed by atoms with Crippen molar-refractivity contribution in [1.82, 2.24) is 9.13 Å². The summed E-state index contributed by atoms with van der Waals surface area (Å²) in [5.41, 5.74) is 2.57. The van der Waals surface area contributed by atoms with Gasteiger partial charge in [-0.05, 0) is 51.2 Å². The third-order valence-electron chi connectivity index (χ3n) is 4.64. The highest BCUT2D eigenvalue weighted by Gasteiger charge is 2.20. The zero-order valence-corrected chi connectivity index (χ0v) is 18.3. The van der Waals surface area contributed by atoms with Crippen molar-refractivity contribution >= 4 is 42.7 Å². The highest BCUT2D eigenvalue weighted by Crippen LogP contribution is 2.30. The number of nitrogens with one attached hydrogen (secondary N) is 1. The second-order valence-electron chi connectivity index (χ2n) is 7.60. The Morgan fingerprint density at radius 1 is 0.963 bits per heavy atom. The molecule has 0 aliphatic rings. The Morgan fingerprint density at radius 2 is 1.48 bits per heavy atom. The predicted molar refractivity (Wildman–Crippen MR) is 112 cm³/mol. The molecule has 3 rings (SSSR count). The Balaban J connectivity index is 2.02. The topological polar surface area (TPSA) is 73.1 Å². The van der Waals surface area contributed by atoms with Gasteiger partial charge in [0.05, 0.1) is 21.6 Å². The van der Waals surface area contributed by atoms with E-state index in [2.05, 4.69) is 41.4 Å². The molecule has 0 aliphatic heterocycles. The molecule has 0 amide bonds. The number of rotatable bonds is 3. The first-order chi connectivity index (χ1) is 12.4. The standard InChI is InChI=1S/C19H22BrN3O3S/c1-19(2,3)12-6-8-13(9-7-12)27(25,26)21-15-11-17-16(10-14(15)20)22(4)18(24)23(17)5/h6-11,21H,1-5H3. The van der Waals surface area contributed by atoms with Gasteiger partial charge in [-0.1, -0.05) is 32.9 Å². The lowest BCUT2D eigenvalue weighted by atomic mass is 9.87. The van der Waals surface area contributed by atoms with Crippen LogP contribution in [0.15, 0.2) is 50.6 Å². The molecule has 0 saturated carbocycles. The summed E-state index contributed by atoms with van der Waals surface area (Å²) in [4.78, 5) is 12.3. The van der Waals surface area contributed by atoms with Crippen LogP contribution in [0.1, 0.15) is 26.3 Å². The summed E-state index contributed by atoms with van der Waals surface area (Å²) < 4.78 is 31.8. The molecule has 0 unspecified atom stereocenters. The number of aryl methyl sites for hydroxylation is 2. The van der Waals surface area contributed by atoms with Crippen molar-refractivity contribution in [3.8, 4) is 0 Å². The molecule has 0 aliphatic carbocycles. The Kier molecular flexibility index (Phi) is 4.76. The maximum atomic E-state index is 12.8. The molecule has 6 nitrogen and oxygen atoms in total. The second-order valence-corrected chi connectivity index (χ2v) is 10.1. The minimum Gasteiger partial charge on any atom is -0.295 e. The van der Waals surface area contributed by atoms with E-state index in [0.29, 0.717) is 21.2 Å². The number of hydrogen-bond donors (Lipinski definition) is 1. The van der Waals surface area contributed by atoms with Crippen LogP contribution in [0.5, 0.6) is 0 Å². The third-order valence-corrected chi connectivity index (χ3v) is 6.67. The molecule has 0 radical (unpaired) electrons. The quantitative estimate of drug-likeness (QED) is 0.658. The fourth-order valence-corrected chi connectivity index (χ4v) is 4.57. The third kappa shape index (κ3) is 3.55. The monoisotopic (exact) mass is 451 g/mol. The number of hydrogen-bond acceptors (Lipinski definition) is 3. The van der Waals surface area contributed by atoms with Crippen LogP contribution in [-0.4, -0.2) is 17.6 Å². The molecule has 27 heavy (non-hydrogen) atoms. The summed E-state index contributed by atoms with van der Waals surface area (Å²) in [6.45, 7) is 6.22. The van der Waals surface area contributed by atoms with Gasteiger partial charge in [-0.3, -0.25) is 13.9 Å². The summed E-state index contributed by atoms with van der Waals surface area (Å²) in [5.74, 6) is 0. The van der Waals surface area contributed by atoms with Crippen LogP contribution in [0.4, 0.5) is 5.69 Å². The van der Waals surface area contributed by atoms with Crippen molar-refractivity contribution in [3.63, 3.8) is 0 Å². The van der Waals surface area contributed by atoms with Crippen molar-refractivity contribution in [2.24, 2.45) is 14.1 Å². The number of benzene rings is 2. The number of nitrogens with zero attached hydrogens (tertiary/aromatic N) is 2. The Bertz CT molecular complexity index is 1180. The van der Waals surface area contributed by atoms with Crippen LogP contribution in [0.25, 0.3) is 11.0 Å². The van der Waals surface area contributed by atoms with Gasteiger partial charge in [0, 0.05) is 18.6 Å². The minimum absolute atomic E-state index is 0.0537. The van der Waals surface area contributed by atoms with Gasteiger partial charge in [-0.25, -0.2) is 13.2 Å². The number of imidazole rings is 1. The van der Waals surface area contributed by atoms with Gasteiger partial charge in [0.2, 0.25) is 0 Å². The van der Waals surface area contributed by atoms with Gasteiger partial charge in [0.25, 0.3) is 10.0 Å². The van der Waals surface area contributed by atoms with E-state index >= 15 is 0 Å². The summed E-state index contributed by atoms with van der Waals surface area (Å²) in [6.07, 6.45) is 0. The van der Waals surface area contributed by atoms with Crippen molar-refractivity contribution < 1.29 is 8.42 Å². The van der Waals surface area contributed by atoms with Crippen molar-refractivity contribution in [1.29, 1.82) is 0 Å². The zero-order valence-electron chi connectivity index (χ0n) is 15.9. The average Bonchev–Trinajstić information content (AvgIpc) is 2.79. The maximum Gasteiger partial charge on any atom is 0.328 e. The molecule has 0 atom stereocenters. The Morgan fingerprint density at radius 3 is 2.00 bits per heavy atom. The van der Waals surface area contributed by atoms with Crippen LogP contribution in [0.2, 0.25) is 0 Å². The van der Waals surface area contributed by atoms with Crippen molar-refractivity contribution in [2.45, 2.75) is 31.1 Å². The normalized spacial score (nSPS) is 12.5. The SMILES string of the molecule is Cn1c(=O)n(C)c2cc(NS(=O)(=O)c3ccc(C(C)(C)C)cc3)c(Br)cc21. The largest absolute Gasteiger partial charge is 0.328 e. The minimum atomic E-state index is -3.76. The fraction of sp³-hybridized carbons (Fsp3) is 0.316. The fourth-order valence-electron chi connectivity index (χ4n) is 2.94. The predicted octanol–water partition coefficient (Wildman–Crippen LogP) is 3.74. The van der Waals surface area contributed by atoms with Crippen molar-refractivity contribution in [2.75, 3.05) is 4.72 Å². The number of anilines is 1. The Labute approximate surface area is 167 Å². The molecule has 0 bridgehead atoms. The summed E-state index contributed by atoms with van der Waals surface area (Å²) >= 11 is 3.40. The van der Waals surface area contributed by atoms with Crippen LogP contribution in [-0.2, 0) is 29.5 Å². The summed E-state index contributed by atoms with van der Waals surface area (Å²) in [5, 5.41) is 0. The van der Waals surface area contributed by atoms with E-state index in [0.717, 1.165) is 5.56 Å². The molecule has 1 N–H and O–H groups in total.